The molecule has 2 rings (SSSR count). The van der Waals surface area contributed by atoms with Gasteiger partial charge in [-0.3, -0.25) is 4.72 Å². The first-order valence-corrected chi connectivity index (χ1v) is 8.38. The van der Waals surface area contributed by atoms with Crippen LogP contribution in [0, 0.1) is 6.92 Å². The third-order valence-electron chi connectivity index (χ3n) is 2.95. The van der Waals surface area contributed by atoms with Gasteiger partial charge in [0.1, 0.15) is 0 Å². The summed E-state index contributed by atoms with van der Waals surface area (Å²) in [6.07, 6.45) is 0. The number of aliphatic hydroxyl groups excluding tert-OH is 1. The van der Waals surface area contributed by atoms with Crippen molar-refractivity contribution in [1.82, 2.24) is 0 Å². The molecule has 21 heavy (non-hydrogen) atoms. The van der Waals surface area contributed by atoms with Gasteiger partial charge >= 0.3 is 0 Å². The van der Waals surface area contributed by atoms with Gasteiger partial charge in [0.15, 0.2) is 0 Å². The predicted molar refractivity (Wildman–Crippen MR) is 84.8 cm³/mol. The van der Waals surface area contributed by atoms with Gasteiger partial charge in [-0.1, -0.05) is 41.9 Å². The Morgan fingerprint density at radius 3 is 2.33 bits per heavy atom. The monoisotopic (exact) mass is 325 g/mol. The molecule has 0 atom stereocenters. The summed E-state index contributed by atoms with van der Waals surface area (Å²) in [6, 6.07) is 11.9. The minimum atomic E-state index is -3.54. The quantitative estimate of drug-likeness (QED) is 0.887. The molecule has 2 aromatic rings. The van der Waals surface area contributed by atoms with Gasteiger partial charge < -0.3 is 5.11 Å². The van der Waals surface area contributed by atoms with Gasteiger partial charge in [-0.05, 0) is 35.7 Å². The minimum absolute atomic E-state index is 0.0653. The summed E-state index contributed by atoms with van der Waals surface area (Å²) in [6.45, 7) is 1.80. The Kier molecular flexibility index (Phi) is 4.88. The number of rotatable bonds is 5. The van der Waals surface area contributed by atoms with E-state index in [0.29, 0.717) is 16.3 Å². The molecule has 112 valence electrons. The van der Waals surface area contributed by atoms with Gasteiger partial charge in [0.25, 0.3) is 0 Å². The van der Waals surface area contributed by atoms with Gasteiger partial charge in [0, 0.05) is 0 Å². The van der Waals surface area contributed by atoms with Gasteiger partial charge in [-0.2, -0.15) is 0 Å². The van der Waals surface area contributed by atoms with E-state index >= 15 is 0 Å². The molecule has 0 heterocycles. The van der Waals surface area contributed by atoms with Gasteiger partial charge in [0.05, 0.1) is 23.1 Å². The van der Waals surface area contributed by atoms with Crippen LogP contribution in [0.1, 0.15) is 16.7 Å². The molecule has 0 spiro atoms. The predicted octanol–water partition coefficient (Wildman–Crippen LogP) is 3.08. The third kappa shape index (κ3) is 4.46. The van der Waals surface area contributed by atoms with Crippen LogP contribution in [-0.4, -0.2) is 13.5 Å². The van der Waals surface area contributed by atoms with E-state index < -0.39 is 10.0 Å². The molecule has 0 aliphatic rings. The van der Waals surface area contributed by atoms with Crippen LogP contribution in [0.4, 0.5) is 5.69 Å². The first kappa shape index (κ1) is 15.8. The van der Waals surface area contributed by atoms with Gasteiger partial charge in [-0.15, -0.1) is 0 Å². The fraction of sp³-hybridized carbons (Fsp3) is 0.200. The van der Waals surface area contributed by atoms with Gasteiger partial charge in [-0.25, -0.2) is 8.42 Å². The lowest BCUT2D eigenvalue weighted by atomic mass is 10.2. The Labute approximate surface area is 129 Å². The van der Waals surface area contributed by atoms with Crippen molar-refractivity contribution >= 4 is 27.3 Å². The number of anilines is 1. The zero-order valence-electron chi connectivity index (χ0n) is 11.5. The highest BCUT2D eigenvalue weighted by molar-refractivity contribution is 7.91. The molecule has 2 N–H and O–H groups in total. The SMILES string of the molecule is Cc1ccc(Cl)c(NS(=O)(=O)Cc2ccc(CO)cc2)c1. The van der Waals surface area contributed by atoms with Crippen molar-refractivity contribution in [1.29, 1.82) is 0 Å². The highest BCUT2D eigenvalue weighted by Gasteiger charge is 2.13. The molecule has 0 aromatic heterocycles. The van der Waals surface area contributed by atoms with Crippen LogP contribution in [-0.2, 0) is 22.4 Å². The van der Waals surface area contributed by atoms with E-state index in [0.717, 1.165) is 11.1 Å². The number of hydrogen-bond donors (Lipinski definition) is 2. The van der Waals surface area contributed by atoms with Crippen LogP contribution in [0.3, 0.4) is 0 Å². The molecule has 0 saturated heterocycles. The summed E-state index contributed by atoms with van der Waals surface area (Å²) in [4.78, 5) is 0. The van der Waals surface area contributed by atoms with Gasteiger partial charge in [0.2, 0.25) is 10.0 Å². The molecule has 0 bridgehead atoms. The maximum absolute atomic E-state index is 12.2. The second-order valence-corrected chi connectivity index (χ2v) is 6.95. The zero-order valence-corrected chi connectivity index (χ0v) is 13.1. The number of sulfonamides is 1. The second-order valence-electron chi connectivity index (χ2n) is 4.82. The molecule has 0 radical (unpaired) electrons. The smallest absolute Gasteiger partial charge is 0.236 e. The summed E-state index contributed by atoms with van der Waals surface area (Å²) >= 11 is 5.99. The topological polar surface area (TPSA) is 66.4 Å². The number of nitrogens with one attached hydrogen (secondary N) is 1. The van der Waals surface area contributed by atoms with Crippen LogP contribution < -0.4 is 4.72 Å². The van der Waals surface area contributed by atoms with Crippen molar-refractivity contribution in [3.05, 3.63) is 64.2 Å². The maximum atomic E-state index is 12.2. The third-order valence-corrected chi connectivity index (χ3v) is 4.52. The molecule has 0 saturated carbocycles. The maximum Gasteiger partial charge on any atom is 0.236 e. The molecular formula is C15H16ClNO3S. The first-order valence-electron chi connectivity index (χ1n) is 6.35. The number of hydrogen-bond acceptors (Lipinski definition) is 3. The average Bonchev–Trinajstić information content (AvgIpc) is 2.43. The fourth-order valence-electron chi connectivity index (χ4n) is 1.88. The minimum Gasteiger partial charge on any atom is -0.392 e. The van der Waals surface area contributed by atoms with Crippen molar-refractivity contribution in [3.8, 4) is 0 Å². The lowest BCUT2D eigenvalue weighted by molar-refractivity contribution is 0.282. The number of halogens is 1. The highest BCUT2D eigenvalue weighted by Crippen LogP contribution is 2.24. The molecule has 0 amide bonds. The van der Waals surface area contributed by atoms with E-state index in [1.807, 2.05) is 13.0 Å². The molecule has 0 unspecified atom stereocenters. The number of benzene rings is 2. The summed E-state index contributed by atoms with van der Waals surface area (Å²) < 4.78 is 26.8. The Bertz CT molecular complexity index is 727. The Morgan fingerprint density at radius 1 is 1.10 bits per heavy atom. The van der Waals surface area contributed by atoms with E-state index in [1.165, 1.54) is 0 Å². The number of aliphatic hydroxyl groups is 1. The van der Waals surface area contributed by atoms with Crippen molar-refractivity contribution in [2.75, 3.05) is 4.72 Å². The van der Waals surface area contributed by atoms with E-state index in [9.17, 15) is 8.42 Å². The van der Waals surface area contributed by atoms with E-state index in [2.05, 4.69) is 4.72 Å². The highest BCUT2D eigenvalue weighted by atomic mass is 35.5. The van der Waals surface area contributed by atoms with Crippen LogP contribution in [0.15, 0.2) is 42.5 Å². The molecule has 2 aromatic carbocycles. The Balaban J connectivity index is 2.16. The Hall–Kier alpha value is -1.56. The largest absolute Gasteiger partial charge is 0.392 e. The molecule has 6 heteroatoms. The van der Waals surface area contributed by atoms with Crippen molar-refractivity contribution < 1.29 is 13.5 Å². The summed E-state index contributed by atoms with van der Waals surface area (Å²) in [7, 11) is -3.54. The van der Waals surface area contributed by atoms with Crippen LogP contribution >= 0.6 is 11.6 Å². The summed E-state index contributed by atoms with van der Waals surface area (Å²) in [5.74, 6) is -0.150. The molecule has 0 fully saturated rings. The average molecular weight is 326 g/mol. The number of aryl methyl sites for hydroxylation is 1. The first-order chi connectivity index (χ1) is 9.89. The summed E-state index contributed by atoms with van der Waals surface area (Å²) in [5.41, 5.74) is 2.68. The zero-order chi connectivity index (χ0) is 15.5. The molecular weight excluding hydrogens is 310 g/mol. The Morgan fingerprint density at radius 2 is 1.71 bits per heavy atom. The molecule has 0 aliphatic heterocycles. The molecule has 4 nitrogen and oxygen atoms in total. The standard InChI is InChI=1S/C15H16ClNO3S/c1-11-2-7-14(16)15(8-11)17-21(19,20)10-13-5-3-12(9-18)4-6-13/h2-8,17-18H,9-10H2,1H3. The van der Waals surface area contributed by atoms with Crippen LogP contribution in [0.2, 0.25) is 5.02 Å². The van der Waals surface area contributed by atoms with Crippen LogP contribution in [0.25, 0.3) is 0 Å². The van der Waals surface area contributed by atoms with Crippen molar-refractivity contribution in [3.63, 3.8) is 0 Å². The lowest BCUT2D eigenvalue weighted by Gasteiger charge is -2.10. The fourth-order valence-corrected chi connectivity index (χ4v) is 3.31. The van der Waals surface area contributed by atoms with Crippen LogP contribution in [0.5, 0.6) is 0 Å². The van der Waals surface area contributed by atoms with Crippen molar-refractivity contribution in [2.24, 2.45) is 0 Å². The summed E-state index contributed by atoms with van der Waals surface area (Å²) in [5, 5.41) is 9.33. The lowest BCUT2D eigenvalue weighted by Crippen LogP contribution is -2.15. The second kappa shape index (κ2) is 6.47. The normalized spacial score (nSPS) is 11.4. The van der Waals surface area contributed by atoms with Crippen molar-refractivity contribution in [2.45, 2.75) is 19.3 Å². The van der Waals surface area contributed by atoms with E-state index in [1.54, 1.807) is 36.4 Å². The van der Waals surface area contributed by atoms with E-state index in [4.69, 9.17) is 16.7 Å². The molecule has 0 aliphatic carbocycles. The van der Waals surface area contributed by atoms with E-state index in [-0.39, 0.29) is 12.4 Å².